The van der Waals surface area contributed by atoms with Crippen molar-refractivity contribution in [2.75, 3.05) is 14.2 Å². The van der Waals surface area contributed by atoms with Gasteiger partial charge in [0.25, 0.3) is 0 Å². The van der Waals surface area contributed by atoms with Gasteiger partial charge in [-0.25, -0.2) is 0 Å². The van der Waals surface area contributed by atoms with Crippen molar-refractivity contribution < 1.29 is 4.74 Å². The average molecular weight is 302 g/mol. The number of aryl methyl sites for hydroxylation is 1. The van der Waals surface area contributed by atoms with Crippen molar-refractivity contribution in [1.82, 2.24) is 25.4 Å². The number of benzene rings is 1. The number of nitrogens with zero attached hydrogens (tertiary/aromatic N) is 4. The molecular weight excluding hydrogens is 280 g/mol. The quantitative estimate of drug-likeness (QED) is 0.619. The molecule has 1 heterocycles. The number of ether oxygens (including phenoxy) is 1. The van der Waals surface area contributed by atoms with E-state index in [0.717, 1.165) is 29.6 Å². The van der Waals surface area contributed by atoms with Crippen molar-refractivity contribution in [3.05, 3.63) is 42.0 Å². The molecule has 118 valence electrons. The molecule has 0 aliphatic heterocycles. The van der Waals surface area contributed by atoms with Crippen LogP contribution in [-0.2, 0) is 19.6 Å². The first-order chi connectivity index (χ1) is 10.8. The molecule has 1 aromatic heterocycles. The Kier molecular flexibility index (Phi) is 5.76. The van der Waals surface area contributed by atoms with Gasteiger partial charge in [0.1, 0.15) is 12.1 Å². The summed E-state index contributed by atoms with van der Waals surface area (Å²) in [7, 11) is 3.40. The van der Waals surface area contributed by atoms with Crippen LogP contribution in [0.4, 0.5) is 0 Å². The molecule has 0 spiro atoms. The Bertz CT molecular complexity index is 605. The number of aliphatic imine (C=N–C) groups is 1. The van der Waals surface area contributed by atoms with E-state index < -0.39 is 0 Å². The van der Waals surface area contributed by atoms with Crippen molar-refractivity contribution >= 4 is 5.96 Å². The first-order valence-corrected chi connectivity index (χ1v) is 7.21. The third kappa shape index (κ3) is 4.21. The lowest BCUT2D eigenvalue weighted by molar-refractivity contribution is 0.414. The van der Waals surface area contributed by atoms with Crippen LogP contribution in [0.2, 0.25) is 0 Å². The SMILES string of the molecule is CCn1cnnc1CNC(=NC)NCc1ccc(OC)cc1. The number of nitrogens with one attached hydrogen (secondary N) is 2. The van der Waals surface area contributed by atoms with Gasteiger partial charge in [0.2, 0.25) is 0 Å². The molecule has 0 aliphatic rings. The molecule has 0 saturated heterocycles. The van der Waals surface area contributed by atoms with Crippen molar-refractivity contribution in [2.24, 2.45) is 4.99 Å². The molecule has 0 radical (unpaired) electrons. The molecule has 0 saturated carbocycles. The predicted octanol–water partition coefficient (Wildman–Crippen LogP) is 1.17. The number of rotatable bonds is 6. The van der Waals surface area contributed by atoms with Gasteiger partial charge in [-0.2, -0.15) is 0 Å². The van der Waals surface area contributed by atoms with E-state index in [9.17, 15) is 0 Å². The van der Waals surface area contributed by atoms with E-state index in [-0.39, 0.29) is 0 Å². The molecule has 0 fully saturated rings. The summed E-state index contributed by atoms with van der Waals surface area (Å²) in [5, 5.41) is 14.5. The Morgan fingerprint density at radius 3 is 2.59 bits per heavy atom. The average Bonchev–Trinajstić information content (AvgIpc) is 3.03. The zero-order chi connectivity index (χ0) is 15.8. The summed E-state index contributed by atoms with van der Waals surface area (Å²) in [6.07, 6.45) is 1.73. The molecule has 2 rings (SSSR count). The van der Waals surface area contributed by atoms with Crippen LogP contribution in [-0.4, -0.2) is 34.9 Å². The third-order valence-corrected chi connectivity index (χ3v) is 3.29. The highest BCUT2D eigenvalue weighted by molar-refractivity contribution is 5.79. The normalized spacial score (nSPS) is 11.3. The zero-order valence-electron chi connectivity index (χ0n) is 13.2. The fraction of sp³-hybridized carbons (Fsp3) is 0.400. The van der Waals surface area contributed by atoms with Gasteiger partial charge in [0, 0.05) is 20.1 Å². The smallest absolute Gasteiger partial charge is 0.191 e. The lowest BCUT2D eigenvalue weighted by Gasteiger charge is -2.12. The van der Waals surface area contributed by atoms with Gasteiger partial charge in [0.15, 0.2) is 11.8 Å². The van der Waals surface area contributed by atoms with E-state index in [1.54, 1.807) is 20.5 Å². The van der Waals surface area contributed by atoms with Crippen molar-refractivity contribution in [1.29, 1.82) is 0 Å². The summed E-state index contributed by atoms with van der Waals surface area (Å²) in [5.74, 6) is 2.46. The lowest BCUT2D eigenvalue weighted by atomic mass is 10.2. The molecule has 22 heavy (non-hydrogen) atoms. The van der Waals surface area contributed by atoms with Crippen LogP contribution in [0.5, 0.6) is 5.75 Å². The van der Waals surface area contributed by atoms with Crippen molar-refractivity contribution in [3.63, 3.8) is 0 Å². The number of methoxy groups -OCH3 is 1. The van der Waals surface area contributed by atoms with Gasteiger partial charge in [-0.15, -0.1) is 10.2 Å². The Morgan fingerprint density at radius 2 is 1.95 bits per heavy atom. The van der Waals surface area contributed by atoms with Crippen molar-refractivity contribution in [2.45, 2.75) is 26.6 Å². The molecule has 2 aromatic rings. The van der Waals surface area contributed by atoms with Gasteiger partial charge in [-0.1, -0.05) is 12.1 Å². The lowest BCUT2D eigenvalue weighted by Crippen LogP contribution is -2.37. The van der Waals surface area contributed by atoms with Crippen LogP contribution in [0.15, 0.2) is 35.6 Å². The first kappa shape index (κ1) is 15.8. The maximum Gasteiger partial charge on any atom is 0.191 e. The second kappa shape index (κ2) is 8.02. The van der Waals surface area contributed by atoms with Crippen LogP contribution in [0.25, 0.3) is 0 Å². The summed E-state index contributed by atoms with van der Waals surface area (Å²) in [4.78, 5) is 4.20. The molecule has 0 unspecified atom stereocenters. The van der Waals surface area contributed by atoms with E-state index in [1.807, 2.05) is 28.8 Å². The van der Waals surface area contributed by atoms with E-state index in [4.69, 9.17) is 4.74 Å². The minimum Gasteiger partial charge on any atom is -0.497 e. The number of hydrogen-bond donors (Lipinski definition) is 2. The van der Waals surface area contributed by atoms with Crippen LogP contribution < -0.4 is 15.4 Å². The van der Waals surface area contributed by atoms with Crippen LogP contribution >= 0.6 is 0 Å². The van der Waals surface area contributed by atoms with Gasteiger partial charge in [-0.05, 0) is 24.6 Å². The standard InChI is InChI=1S/C15H22N6O/c1-4-21-11-19-20-14(21)10-18-15(16-2)17-9-12-5-7-13(22-3)8-6-12/h5-8,11H,4,9-10H2,1-3H3,(H2,16,17,18). The number of aromatic nitrogens is 3. The molecule has 2 N–H and O–H groups in total. The van der Waals surface area contributed by atoms with Crippen LogP contribution in [0.1, 0.15) is 18.3 Å². The second-order valence-electron chi connectivity index (χ2n) is 4.66. The predicted molar refractivity (Wildman–Crippen MR) is 85.7 cm³/mol. The van der Waals surface area contributed by atoms with E-state index in [0.29, 0.717) is 13.1 Å². The first-order valence-electron chi connectivity index (χ1n) is 7.21. The Labute approximate surface area is 130 Å². The molecule has 0 bridgehead atoms. The largest absolute Gasteiger partial charge is 0.497 e. The number of guanidine groups is 1. The van der Waals surface area contributed by atoms with Gasteiger partial charge >= 0.3 is 0 Å². The molecule has 0 atom stereocenters. The van der Waals surface area contributed by atoms with E-state index in [1.165, 1.54) is 0 Å². The molecular formula is C15H22N6O. The Morgan fingerprint density at radius 1 is 1.23 bits per heavy atom. The topological polar surface area (TPSA) is 76.4 Å². The highest BCUT2D eigenvalue weighted by Gasteiger charge is 2.04. The van der Waals surface area contributed by atoms with Crippen LogP contribution in [0, 0.1) is 0 Å². The van der Waals surface area contributed by atoms with Gasteiger partial charge < -0.3 is 19.9 Å². The van der Waals surface area contributed by atoms with Gasteiger partial charge in [-0.3, -0.25) is 4.99 Å². The summed E-state index contributed by atoms with van der Waals surface area (Å²) < 4.78 is 7.14. The minimum absolute atomic E-state index is 0.579. The third-order valence-electron chi connectivity index (χ3n) is 3.29. The highest BCUT2D eigenvalue weighted by atomic mass is 16.5. The molecule has 7 nitrogen and oxygen atoms in total. The zero-order valence-corrected chi connectivity index (χ0v) is 13.2. The molecule has 0 amide bonds. The maximum atomic E-state index is 5.15. The Balaban J connectivity index is 1.84. The minimum atomic E-state index is 0.579. The van der Waals surface area contributed by atoms with Crippen molar-refractivity contribution in [3.8, 4) is 5.75 Å². The van der Waals surface area contributed by atoms with E-state index in [2.05, 4.69) is 32.7 Å². The van der Waals surface area contributed by atoms with Gasteiger partial charge in [0.05, 0.1) is 13.7 Å². The van der Waals surface area contributed by atoms with Crippen LogP contribution in [0.3, 0.4) is 0 Å². The van der Waals surface area contributed by atoms with E-state index >= 15 is 0 Å². The summed E-state index contributed by atoms with van der Waals surface area (Å²) >= 11 is 0. The molecule has 1 aromatic carbocycles. The monoisotopic (exact) mass is 302 g/mol. The fourth-order valence-corrected chi connectivity index (χ4v) is 1.99. The molecule has 7 heteroatoms. The molecule has 0 aliphatic carbocycles. The summed E-state index contributed by atoms with van der Waals surface area (Å²) in [6.45, 7) is 4.17. The Hall–Kier alpha value is -2.57. The summed E-state index contributed by atoms with van der Waals surface area (Å²) in [6, 6.07) is 7.92. The maximum absolute atomic E-state index is 5.15. The summed E-state index contributed by atoms with van der Waals surface area (Å²) in [5.41, 5.74) is 1.15. The second-order valence-corrected chi connectivity index (χ2v) is 4.66. The highest BCUT2D eigenvalue weighted by Crippen LogP contribution is 2.10. The fourth-order valence-electron chi connectivity index (χ4n) is 1.99. The number of hydrogen-bond acceptors (Lipinski definition) is 4.